The molecule has 0 saturated heterocycles. The SMILES string of the molecule is CCC1(C(=O)NCC(C)=O)CCCC1. The Balaban J connectivity index is 2.52. The molecule has 0 aromatic carbocycles. The van der Waals surface area contributed by atoms with Crippen molar-refractivity contribution in [3.63, 3.8) is 0 Å². The first-order valence-corrected chi connectivity index (χ1v) is 5.38. The van der Waals surface area contributed by atoms with Gasteiger partial charge in [-0.15, -0.1) is 0 Å². The number of ketones is 1. The third kappa shape index (κ3) is 2.34. The summed E-state index contributed by atoms with van der Waals surface area (Å²) in [4.78, 5) is 22.6. The lowest BCUT2D eigenvalue weighted by molar-refractivity contribution is -0.132. The largest absolute Gasteiger partial charge is 0.349 e. The summed E-state index contributed by atoms with van der Waals surface area (Å²) in [6, 6.07) is 0. The third-order valence-corrected chi connectivity index (χ3v) is 3.22. The first kappa shape index (κ1) is 11.2. The summed E-state index contributed by atoms with van der Waals surface area (Å²) in [5, 5.41) is 2.73. The van der Waals surface area contributed by atoms with Crippen LogP contribution in [0.2, 0.25) is 0 Å². The van der Waals surface area contributed by atoms with Gasteiger partial charge in [-0.25, -0.2) is 0 Å². The van der Waals surface area contributed by atoms with Gasteiger partial charge in [-0.2, -0.15) is 0 Å². The van der Waals surface area contributed by atoms with E-state index in [4.69, 9.17) is 0 Å². The number of hydrogen-bond acceptors (Lipinski definition) is 2. The van der Waals surface area contributed by atoms with Crippen LogP contribution in [0.25, 0.3) is 0 Å². The molecule has 80 valence electrons. The van der Waals surface area contributed by atoms with Crippen LogP contribution in [-0.2, 0) is 9.59 Å². The first-order chi connectivity index (χ1) is 6.60. The van der Waals surface area contributed by atoms with Crippen LogP contribution in [0, 0.1) is 5.41 Å². The van der Waals surface area contributed by atoms with E-state index >= 15 is 0 Å². The van der Waals surface area contributed by atoms with Gasteiger partial charge in [-0.3, -0.25) is 9.59 Å². The minimum absolute atomic E-state index is 0.0163. The summed E-state index contributed by atoms with van der Waals surface area (Å²) >= 11 is 0. The van der Waals surface area contributed by atoms with E-state index in [0.717, 1.165) is 32.1 Å². The maximum absolute atomic E-state index is 11.8. The Morgan fingerprint density at radius 2 is 1.86 bits per heavy atom. The monoisotopic (exact) mass is 197 g/mol. The number of hydrogen-bond donors (Lipinski definition) is 1. The topological polar surface area (TPSA) is 46.2 Å². The van der Waals surface area contributed by atoms with E-state index in [9.17, 15) is 9.59 Å². The highest BCUT2D eigenvalue weighted by Crippen LogP contribution is 2.40. The zero-order valence-corrected chi connectivity index (χ0v) is 9.06. The van der Waals surface area contributed by atoms with Gasteiger partial charge in [0.2, 0.25) is 5.91 Å². The molecule has 3 heteroatoms. The Morgan fingerprint density at radius 3 is 2.29 bits per heavy atom. The van der Waals surface area contributed by atoms with Crippen LogP contribution in [0.3, 0.4) is 0 Å². The number of Topliss-reactive ketones (excluding diaryl/α,β-unsaturated/α-hetero) is 1. The molecule has 0 aromatic heterocycles. The number of rotatable bonds is 4. The van der Waals surface area contributed by atoms with Crippen LogP contribution in [0.5, 0.6) is 0 Å². The van der Waals surface area contributed by atoms with Gasteiger partial charge in [-0.1, -0.05) is 19.8 Å². The van der Waals surface area contributed by atoms with E-state index in [1.165, 1.54) is 6.92 Å². The second-order valence-electron chi connectivity index (χ2n) is 4.23. The standard InChI is InChI=1S/C11H19NO2/c1-3-11(6-4-5-7-11)10(14)12-8-9(2)13/h3-8H2,1-2H3,(H,12,14). The second-order valence-corrected chi connectivity index (χ2v) is 4.23. The van der Waals surface area contributed by atoms with Gasteiger partial charge in [-0.05, 0) is 26.2 Å². The molecular weight excluding hydrogens is 178 g/mol. The Labute approximate surface area is 85.3 Å². The van der Waals surface area contributed by atoms with E-state index in [0.29, 0.717) is 0 Å². The number of carbonyl (C=O) groups excluding carboxylic acids is 2. The Bertz CT molecular complexity index is 229. The van der Waals surface area contributed by atoms with E-state index in [1.54, 1.807) is 0 Å². The summed E-state index contributed by atoms with van der Waals surface area (Å²) < 4.78 is 0. The fourth-order valence-corrected chi connectivity index (χ4v) is 2.19. The highest BCUT2D eigenvalue weighted by Gasteiger charge is 2.38. The van der Waals surface area contributed by atoms with E-state index in [1.807, 2.05) is 0 Å². The lowest BCUT2D eigenvalue weighted by Gasteiger charge is -2.25. The summed E-state index contributed by atoms with van der Waals surface area (Å²) in [7, 11) is 0. The molecule has 1 fully saturated rings. The van der Waals surface area contributed by atoms with Gasteiger partial charge in [0.05, 0.1) is 6.54 Å². The molecule has 0 radical (unpaired) electrons. The molecule has 0 aromatic rings. The summed E-state index contributed by atoms with van der Waals surface area (Å²) in [5.74, 6) is 0.0929. The number of nitrogens with one attached hydrogen (secondary N) is 1. The molecule has 1 N–H and O–H groups in total. The molecular formula is C11H19NO2. The van der Waals surface area contributed by atoms with Crippen molar-refractivity contribution in [1.82, 2.24) is 5.32 Å². The molecule has 3 nitrogen and oxygen atoms in total. The molecule has 1 aliphatic rings. The molecule has 0 bridgehead atoms. The first-order valence-electron chi connectivity index (χ1n) is 5.38. The van der Waals surface area contributed by atoms with Gasteiger partial charge in [0.1, 0.15) is 5.78 Å². The van der Waals surface area contributed by atoms with Crippen molar-refractivity contribution in [2.75, 3.05) is 6.54 Å². The zero-order valence-electron chi connectivity index (χ0n) is 9.06. The smallest absolute Gasteiger partial charge is 0.226 e. The van der Waals surface area contributed by atoms with Crippen LogP contribution in [0.4, 0.5) is 0 Å². The highest BCUT2D eigenvalue weighted by atomic mass is 16.2. The van der Waals surface area contributed by atoms with Crippen molar-refractivity contribution in [2.45, 2.75) is 46.0 Å². The molecule has 1 saturated carbocycles. The molecule has 0 unspecified atom stereocenters. The second kappa shape index (κ2) is 4.58. The summed E-state index contributed by atoms with van der Waals surface area (Å²) in [6.07, 6.45) is 5.12. The van der Waals surface area contributed by atoms with Crippen LogP contribution in [0.1, 0.15) is 46.0 Å². The van der Waals surface area contributed by atoms with Crippen LogP contribution >= 0.6 is 0 Å². The van der Waals surface area contributed by atoms with Crippen molar-refractivity contribution in [3.8, 4) is 0 Å². The third-order valence-electron chi connectivity index (χ3n) is 3.22. The van der Waals surface area contributed by atoms with Crippen molar-refractivity contribution in [2.24, 2.45) is 5.41 Å². The molecule has 0 atom stereocenters. The quantitative estimate of drug-likeness (QED) is 0.745. The van der Waals surface area contributed by atoms with Crippen LogP contribution < -0.4 is 5.32 Å². The van der Waals surface area contributed by atoms with E-state index in [2.05, 4.69) is 12.2 Å². The molecule has 1 rings (SSSR count). The predicted molar refractivity (Wildman–Crippen MR) is 54.9 cm³/mol. The normalized spacial score (nSPS) is 19.3. The maximum Gasteiger partial charge on any atom is 0.226 e. The Hall–Kier alpha value is -0.860. The van der Waals surface area contributed by atoms with Crippen LogP contribution in [0.15, 0.2) is 0 Å². The lowest BCUT2D eigenvalue weighted by atomic mass is 9.82. The predicted octanol–water partition coefficient (Wildman–Crippen LogP) is 1.66. The van der Waals surface area contributed by atoms with E-state index < -0.39 is 0 Å². The van der Waals surface area contributed by atoms with Crippen molar-refractivity contribution < 1.29 is 9.59 Å². The van der Waals surface area contributed by atoms with Gasteiger partial charge < -0.3 is 5.32 Å². The average Bonchev–Trinajstić information content (AvgIpc) is 2.63. The molecule has 0 spiro atoms. The Morgan fingerprint density at radius 1 is 1.29 bits per heavy atom. The van der Waals surface area contributed by atoms with Crippen molar-refractivity contribution >= 4 is 11.7 Å². The molecule has 14 heavy (non-hydrogen) atoms. The molecule has 1 amide bonds. The van der Waals surface area contributed by atoms with Crippen molar-refractivity contribution in [3.05, 3.63) is 0 Å². The minimum atomic E-state index is -0.171. The van der Waals surface area contributed by atoms with Gasteiger partial charge in [0, 0.05) is 5.41 Å². The van der Waals surface area contributed by atoms with Gasteiger partial charge >= 0.3 is 0 Å². The summed E-state index contributed by atoms with van der Waals surface area (Å²) in [6.45, 7) is 3.73. The molecule has 1 aliphatic carbocycles. The zero-order chi connectivity index (χ0) is 10.6. The number of amides is 1. The van der Waals surface area contributed by atoms with Gasteiger partial charge in [0.25, 0.3) is 0 Å². The highest BCUT2D eigenvalue weighted by molar-refractivity contribution is 5.87. The molecule has 0 aliphatic heterocycles. The van der Waals surface area contributed by atoms with Crippen molar-refractivity contribution in [1.29, 1.82) is 0 Å². The van der Waals surface area contributed by atoms with E-state index in [-0.39, 0.29) is 23.7 Å². The fourth-order valence-electron chi connectivity index (χ4n) is 2.19. The average molecular weight is 197 g/mol. The number of carbonyl (C=O) groups is 2. The molecule has 0 heterocycles. The minimum Gasteiger partial charge on any atom is -0.349 e. The van der Waals surface area contributed by atoms with Gasteiger partial charge in [0.15, 0.2) is 0 Å². The lowest BCUT2D eigenvalue weighted by Crippen LogP contribution is -2.40. The Kier molecular flexibility index (Phi) is 3.67. The summed E-state index contributed by atoms with van der Waals surface area (Å²) in [5.41, 5.74) is -0.171. The maximum atomic E-state index is 11.8. The van der Waals surface area contributed by atoms with Crippen LogP contribution in [-0.4, -0.2) is 18.2 Å². The fraction of sp³-hybridized carbons (Fsp3) is 0.818.